The summed E-state index contributed by atoms with van der Waals surface area (Å²) in [6.07, 6.45) is 1.66. The van der Waals surface area contributed by atoms with E-state index < -0.39 is 18.0 Å². The maximum Gasteiger partial charge on any atom is 0.338 e. The Hall–Kier alpha value is -4.22. The van der Waals surface area contributed by atoms with Crippen molar-refractivity contribution >= 4 is 45.3 Å². The summed E-state index contributed by atoms with van der Waals surface area (Å²) >= 11 is 4.66. The summed E-state index contributed by atoms with van der Waals surface area (Å²) in [7, 11) is 1.44. The molecule has 0 N–H and O–H groups in total. The van der Waals surface area contributed by atoms with Crippen LogP contribution in [0.4, 0.5) is 0 Å². The number of thiazole rings is 1. The van der Waals surface area contributed by atoms with Crippen LogP contribution in [0.15, 0.2) is 84.5 Å². The van der Waals surface area contributed by atoms with Gasteiger partial charge in [0.2, 0.25) is 0 Å². The number of benzene rings is 2. The van der Waals surface area contributed by atoms with Crippen molar-refractivity contribution in [2.24, 2.45) is 4.99 Å². The lowest BCUT2D eigenvalue weighted by molar-refractivity contribution is -0.139. The van der Waals surface area contributed by atoms with Gasteiger partial charge in [0.15, 0.2) is 16.3 Å². The second kappa shape index (κ2) is 11.7. The number of nitrogens with zero attached hydrogens (tertiary/aromatic N) is 2. The fraction of sp³-hybridized carbons (Fsp3) is 0.200. The number of fused-ring (bicyclic) bond motifs is 1. The smallest absolute Gasteiger partial charge is 0.338 e. The normalized spacial score (nSPS) is 14.9. The largest absolute Gasteiger partial charge is 0.493 e. The lowest BCUT2D eigenvalue weighted by atomic mass is 9.95. The van der Waals surface area contributed by atoms with E-state index in [2.05, 4.69) is 20.9 Å². The van der Waals surface area contributed by atoms with Crippen molar-refractivity contribution in [1.29, 1.82) is 0 Å². The molecule has 1 aliphatic heterocycles. The number of carbonyl (C=O) groups excluding carboxylic acids is 2. The number of methoxy groups -OCH3 is 1. The molecule has 2 aromatic carbocycles. The van der Waals surface area contributed by atoms with E-state index in [1.807, 2.05) is 30.3 Å². The van der Waals surface area contributed by atoms with Gasteiger partial charge in [-0.15, -0.1) is 0 Å². The molecule has 3 heterocycles. The van der Waals surface area contributed by atoms with Crippen LogP contribution in [0.25, 0.3) is 17.4 Å². The minimum absolute atomic E-state index is 0.153. The molecule has 5 rings (SSSR count). The third-order valence-electron chi connectivity index (χ3n) is 6.28. The van der Waals surface area contributed by atoms with Gasteiger partial charge in [0.05, 0.1) is 35.6 Å². The van der Waals surface area contributed by atoms with Gasteiger partial charge < -0.3 is 18.6 Å². The van der Waals surface area contributed by atoms with Crippen LogP contribution >= 0.6 is 27.3 Å². The Bertz CT molecular complexity index is 1880. The van der Waals surface area contributed by atoms with Crippen molar-refractivity contribution in [2.45, 2.75) is 26.8 Å². The fourth-order valence-corrected chi connectivity index (χ4v) is 5.98. The first-order valence-corrected chi connectivity index (χ1v) is 14.2. The minimum Gasteiger partial charge on any atom is -0.493 e. The molecular formula is C30H25BrN2O7S. The molecule has 2 aromatic heterocycles. The highest BCUT2D eigenvalue weighted by molar-refractivity contribution is 9.10. The summed E-state index contributed by atoms with van der Waals surface area (Å²) in [5.74, 6) is 0.551. The van der Waals surface area contributed by atoms with Gasteiger partial charge in [-0.05, 0) is 55.8 Å². The number of esters is 2. The zero-order chi connectivity index (χ0) is 29.3. The fourth-order valence-electron chi connectivity index (χ4n) is 4.56. The van der Waals surface area contributed by atoms with E-state index in [9.17, 15) is 14.4 Å². The van der Waals surface area contributed by atoms with Crippen LogP contribution < -0.4 is 24.4 Å². The average molecular weight is 638 g/mol. The number of allylic oxidation sites excluding steroid dienone is 1. The van der Waals surface area contributed by atoms with E-state index >= 15 is 0 Å². The Morgan fingerprint density at radius 2 is 1.95 bits per heavy atom. The third kappa shape index (κ3) is 5.68. The van der Waals surface area contributed by atoms with Crippen LogP contribution in [-0.4, -0.2) is 30.2 Å². The molecule has 0 radical (unpaired) electrons. The van der Waals surface area contributed by atoms with Gasteiger partial charge >= 0.3 is 11.9 Å². The van der Waals surface area contributed by atoms with Crippen LogP contribution in [0.3, 0.4) is 0 Å². The van der Waals surface area contributed by atoms with Crippen molar-refractivity contribution in [1.82, 2.24) is 4.57 Å². The quantitative estimate of drug-likeness (QED) is 0.213. The maximum atomic E-state index is 13.9. The summed E-state index contributed by atoms with van der Waals surface area (Å²) in [5.41, 5.74) is 1.75. The van der Waals surface area contributed by atoms with Crippen molar-refractivity contribution in [3.05, 3.63) is 101 Å². The zero-order valence-electron chi connectivity index (χ0n) is 22.6. The molecule has 0 unspecified atom stereocenters. The number of hydrogen-bond donors (Lipinski definition) is 0. The molecule has 11 heteroatoms. The summed E-state index contributed by atoms with van der Waals surface area (Å²) < 4.78 is 24.8. The van der Waals surface area contributed by atoms with Crippen LogP contribution in [0.2, 0.25) is 0 Å². The van der Waals surface area contributed by atoms with Gasteiger partial charge in [-0.1, -0.05) is 45.5 Å². The minimum atomic E-state index is -0.860. The van der Waals surface area contributed by atoms with Crippen molar-refractivity contribution in [3.63, 3.8) is 0 Å². The molecule has 4 aromatic rings. The number of ether oxygens (including phenoxy) is 3. The summed E-state index contributed by atoms with van der Waals surface area (Å²) in [4.78, 5) is 43.6. The van der Waals surface area contributed by atoms with Crippen LogP contribution in [-0.2, 0) is 14.3 Å². The van der Waals surface area contributed by atoms with Crippen molar-refractivity contribution in [2.75, 3.05) is 13.7 Å². The zero-order valence-corrected chi connectivity index (χ0v) is 25.0. The monoisotopic (exact) mass is 636 g/mol. The lowest BCUT2D eigenvalue weighted by Gasteiger charge is -2.25. The van der Waals surface area contributed by atoms with Crippen molar-refractivity contribution < 1.29 is 28.2 Å². The number of rotatable bonds is 7. The van der Waals surface area contributed by atoms with Crippen LogP contribution in [0.1, 0.15) is 38.1 Å². The molecule has 41 heavy (non-hydrogen) atoms. The highest BCUT2D eigenvalue weighted by Gasteiger charge is 2.34. The molecule has 9 nitrogen and oxygen atoms in total. The molecule has 0 saturated heterocycles. The Kier molecular flexibility index (Phi) is 8.09. The van der Waals surface area contributed by atoms with Crippen LogP contribution in [0, 0.1) is 0 Å². The molecule has 0 fully saturated rings. The van der Waals surface area contributed by atoms with Gasteiger partial charge in [0.1, 0.15) is 11.5 Å². The molecule has 210 valence electrons. The standard InChI is InChI=1S/C30H25BrN2O7S/c1-5-38-29(36)26-16(2)32-30-33(27(26)19-9-11-23(39-17(3)34)24(14-19)37-4)28(35)25(41-30)15-21-10-12-22(40-21)18-7-6-8-20(31)13-18/h6-15,27H,5H2,1-4H3/b25-15+/t27-/m1/s1. The molecule has 1 atom stereocenters. The summed E-state index contributed by atoms with van der Waals surface area (Å²) in [5, 5.41) is 0. The first-order chi connectivity index (χ1) is 19.7. The van der Waals surface area contributed by atoms with E-state index in [4.69, 9.17) is 18.6 Å². The predicted molar refractivity (Wildman–Crippen MR) is 157 cm³/mol. The first-order valence-electron chi connectivity index (χ1n) is 12.6. The van der Waals surface area contributed by atoms with Crippen molar-refractivity contribution in [3.8, 4) is 22.8 Å². The Morgan fingerprint density at radius 3 is 2.66 bits per heavy atom. The van der Waals surface area contributed by atoms with E-state index in [1.54, 1.807) is 44.2 Å². The molecule has 0 amide bonds. The third-order valence-corrected chi connectivity index (χ3v) is 7.76. The second-order valence-electron chi connectivity index (χ2n) is 9.02. The van der Waals surface area contributed by atoms with E-state index in [0.717, 1.165) is 10.0 Å². The van der Waals surface area contributed by atoms with Gasteiger partial charge in [-0.25, -0.2) is 9.79 Å². The Morgan fingerprint density at radius 1 is 1.15 bits per heavy atom. The number of hydrogen-bond acceptors (Lipinski definition) is 9. The predicted octanol–water partition coefficient (Wildman–Crippen LogP) is 4.75. The molecule has 1 aliphatic rings. The molecule has 0 aliphatic carbocycles. The van der Waals surface area contributed by atoms with Gasteiger partial charge in [0.25, 0.3) is 5.56 Å². The van der Waals surface area contributed by atoms with E-state index in [-0.39, 0.29) is 29.2 Å². The molecule has 0 spiro atoms. The molecule has 0 bridgehead atoms. The topological polar surface area (TPSA) is 109 Å². The highest BCUT2D eigenvalue weighted by atomic mass is 79.9. The highest BCUT2D eigenvalue weighted by Crippen LogP contribution is 2.36. The van der Waals surface area contributed by atoms with E-state index in [1.165, 1.54) is 29.9 Å². The van der Waals surface area contributed by atoms with E-state index in [0.29, 0.717) is 32.1 Å². The molecular weight excluding hydrogens is 612 g/mol. The lowest BCUT2D eigenvalue weighted by Crippen LogP contribution is -2.39. The second-order valence-corrected chi connectivity index (χ2v) is 10.9. The number of carbonyl (C=O) groups is 2. The van der Waals surface area contributed by atoms with Crippen LogP contribution in [0.5, 0.6) is 11.5 Å². The van der Waals surface area contributed by atoms with Gasteiger partial charge in [-0.2, -0.15) is 0 Å². The SMILES string of the molecule is CCOC(=O)C1=C(C)N=c2s/c(=C/c3ccc(-c4cccc(Br)c4)o3)c(=O)n2[C@@H]1c1ccc(OC(C)=O)c(OC)c1. The average Bonchev–Trinajstić information content (AvgIpc) is 3.52. The summed E-state index contributed by atoms with van der Waals surface area (Å²) in [6, 6.07) is 15.4. The number of aromatic nitrogens is 1. The number of furan rings is 1. The Balaban J connectivity index is 1.65. The molecule has 0 saturated carbocycles. The number of halogens is 1. The summed E-state index contributed by atoms with van der Waals surface area (Å²) in [6.45, 7) is 4.86. The maximum absolute atomic E-state index is 13.9. The Labute approximate surface area is 247 Å². The first kappa shape index (κ1) is 28.3. The van der Waals surface area contributed by atoms with Gasteiger partial charge in [-0.3, -0.25) is 14.2 Å². The van der Waals surface area contributed by atoms with Gasteiger partial charge in [0, 0.05) is 23.0 Å².